The Hall–Kier alpha value is -2.34. The minimum absolute atomic E-state index is 0.289. The quantitative estimate of drug-likeness (QED) is 0.381. The van der Waals surface area contributed by atoms with Gasteiger partial charge in [-0.05, 0) is 31.0 Å². The lowest BCUT2D eigenvalue weighted by atomic mass is 10.2. The second kappa shape index (κ2) is 7.27. The molecule has 3 aromatic rings. The summed E-state index contributed by atoms with van der Waals surface area (Å²) in [5.41, 5.74) is 0.918. The van der Waals surface area contributed by atoms with Crippen LogP contribution in [0.4, 0.5) is 0 Å². The molecule has 0 bridgehead atoms. The zero-order valence-corrected chi connectivity index (χ0v) is 14.7. The number of fused-ring (bicyclic) bond motifs is 1. The third-order valence-corrected chi connectivity index (χ3v) is 5.37. The molecule has 4 rings (SSSR count). The summed E-state index contributed by atoms with van der Waals surface area (Å²) in [6.07, 6.45) is 4.30. The number of furan rings is 1. The third-order valence-electron chi connectivity index (χ3n) is 4.29. The first-order valence-electron chi connectivity index (χ1n) is 8.52. The molecule has 0 saturated carbocycles. The first-order chi connectivity index (χ1) is 12.3. The van der Waals surface area contributed by atoms with Crippen molar-refractivity contribution in [3.8, 4) is 11.6 Å². The molecule has 0 atom stereocenters. The summed E-state index contributed by atoms with van der Waals surface area (Å²) in [6, 6.07) is 11.7. The molecule has 1 amide bonds. The Bertz CT molecular complexity index is 880. The Morgan fingerprint density at radius 1 is 1.16 bits per heavy atom. The molecule has 6 heteroatoms. The summed E-state index contributed by atoms with van der Waals surface area (Å²) < 4.78 is 5.45. The lowest BCUT2D eigenvalue weighted by molar-refractivity contribution is -0.127. The maximum Gasteiger partial charge on any atom is 0.222 e. The molecule has 0 spiro atoms. The fourth-order valence-electron chi connectivity index (χ4n) is 3.04. The summed E-state index contributed by atoms with van der Waals surface area (Å²) in [5.74, 6) is 2.50. The molecule has 5 nitrogen and oxygen atoms in total. The molecular formula is C19H19N3O2S. The van der Waals surface area contributed by atoms with E-state index in [1.165, 1.54) is 0 Å². The molecule has 25 heavy (non-hydrogen) atoms. The van der Waals surface area contributed by atoms with Crippen LogP contribution in [0.15, 0.2) is 52.1 Å². The monoisotopic (exact) mass is 353 g/mol. The van der Waals surface area contributed by atoms with Gasteiger partial charge in [-0.1, -0.05) is 18.2 Å². The molecular weight excluding hydrogens is 334 g/mol. The van der Waals surface area contributed by atoms with Gasteiger partial charge in [0.25, 0.3) is 0 Å². The van der Waals surface area contributed by atoms with Gasteiger partial charge in [0, 0.05) is 30.6 Å². The average molecular weight is 353 g/mol. The van der Waals surface area contributed by atoms with E-state index in [1.807, 2.05) is 41.3 Å². The van der Waals surface area contributed by atoms with Crippen molar-refractivity contribution >= 4 is 28.6 Å². The van der Waals surface area contributed by atoms with Gasteiger partial charge >= 0.3 is 0 Å². The van der Waals surface area contributed by atoms with E-state index in [9.17, 15) is 4.79 Å². The van der Waals surface area contributed by atoms with Gasteiger partial charge < -0.3 is 9.32 Å². The van der Waals surface area contributed by atoms with E-state index >= 15 is 0 Å². The van der Waals surface area contributed by atoms with Crippen LogP contribution in [0.2, 0.25) is 0 Å². The smallest absolute Gasteiger partial charge is 0.222 e. The van der Waals surface area contributed by atoms with Crippen LogP contribution >= 0.6 is 11.8 Å². The van der Waals surface area contributed by atoms with Gasteiger partial charge in [0.1, 0.15) is 5.03 Å². The zero-order valence-electron chi connectivity index (χ0n) is 13.9. The fraction of sp³-hybridized carbons (Fsp3) is 0.316. The number of thioether (sulfide) groups is 1. The van der Waals surface area contributed by atoms with Crippen LogP contribution in [0.3, 0.4) is 0 Å². The highest BCUT2D eigenvalue weighted by Crippen LogP contribution is 2.29. The molecule has 1 aliphatic rings. The molecule has 2 aromatic heterocycles. The van der Waals surface area contributed by atoms with E-state index in [4.69, 9.17) is 9.40 Å². The van der Waals surface area contributed by atoms with Crippen LogP contribution in [0.25, 0.3) is 22.5 Å². The van der Waals surface area contributed by atoms with Gasteiger partial charge in [0.2, 0.25) is 5.91 Å². The van der Waals surface area contributed by atoms with Crippen molar-refractivity contribution < 1.29 is 9.21 Å². The van der Waals surface area contributed by atoms with E-state index in [-0.39, 0.29) is 5.91 Å². The van der Waals surface area contributed by atoms with Gasteiger partial charge in [-0.15, -0.1) is 11.8 Å². The molecule has 1 aliphatic heterocycles. The number of nitrogens with zero attached hydrogens (tertiary/aromatic N) is 3. The van der Waals surface area contributed by atoms with E-state index in [0.29, 0.717) is 18.0 Å². The molecule has 0 N–H and O–H groups in total. The topological polar surface area (TPSA) is 59.2 Å². The lowest BCUT2D eigenvalue weighted by Gasteiger charge is -2.15. The molecule has 0 radical (unpaired) electrons. The summed E-state index contributed by atoms with van der Waals surface area (Å²) in [5, 5.41) is 2.02. The number of hydrogen-bond donors (Lipinski definition) is 0. The number of hydrogen-bond acceptors (Lipinski definition) is 5. The summed E-state index contributed by atoms with van der Waals surface area (Å²) >= 11 is 1.72. The Morgan fingerprint density at radius 2 is 2.08 bits per heavy atom. The highest BCUT2D eigenvalue weighted by atomic mass is 32.2. The number of para-hydroxylation sites is 1. The number of carbonyl (C=O) groups is 1. The fourth-order valence-corrected chi connectivity index (χ4v) is 3.98. The maximum atomic E-state index is 11.7. The molecule has 1 saturated heterocycles. The molecule has 1 fully saturated rings. The number of amides is 1. The molecule has 128 valence electrons. The van der Waals surface area contributed by atoms with E-state index in [2.05, 4.69) is 4.98 Å². The van der Waals surface area contributed by atoms with Crippen LogP contribution in [-0.4, -0.2) is 39.6 Å². The number of likely N-dealkylation sites (tertiary alicyclic amines) is 1. The predicted molar refractivity (Wildman–Crippen MR) is 98.4 cm³/mol. The Balaban J connectivity index is 1.50. The summed E-state index contributed by atoms with van der Waals surface area (Å²) in [6.45, 7) is 1.74. The minimum atomic E-state index is 0.289. The second-order valence-corrected chi connectivity index (χ2v) is 7.12. The number of rotatable bonds is 6. The summed E-state index contributed by atoms with van der Waals surface area (Å²) in [7, 11) is 0. The number of aromatic nitrogens is 2. The number of carbonyl (C=O) groups excluding carboxylic acids is 1. The second-order valence-electron chi connectivity index (χ2n) is 6.03. The Morgan fingerprint density at radius 3 is 2.88 bits per heavy atom. The Kier molecular flexibility index (Phi) is 4.70. The Labute approximate surface area is 150 Å². The zero-order chi connectivity index (χ0) is 17.1. The third kappa shape index (κ3) is 3.54. The van der Waals surface area contributed by atoms with Crippen molar-refractivity contribution in [2.75, 3.05) is 18.8 Å². The minimum Gasteiger partial charge on any atom is -0.461 e. The SMILES string of the molecule is O=C1CCCN1CCCSc1nc(-c2ccco2)nc2ccccc12. The first-order valence-corrected chi connectivity index (χ1v) is 9.51. The predicted octanol–water partition coefficient (Wildman–Crippen LogP) is 3.99. The number of benzene rings is 1. The van der Waals surface area contributed by atoms with Crippen molar-refractivity contribution in [1.29, 1.82) is 0 Å². The molecule has 0 unspecified atom stereocenters. The van der Waals surface area contributed by atoms with Gasteiger partial charge in [-0.25, -0.2) is 9.97 Å². The molecule has 1 aromatic carbocycles. The van der Waals surface area contributed by atoms with Crippen LogP contribution in [0.1, 0.15) is 19.3 Å². The van der Waals surface area contributed by atoms with Crippen molar-refractivity contribution in [2.45, 2.75) is 24.3 Å². The first kappa shape index (κ1) is 16.1. The van der Waals surface area contributed by atoms with Gasteiger partial charge in [0.05, 0.1) is 11.8 Å². The normalized spacial score (nSPS) is 14.6. The lowest BCUT2D eigenvalue weighted by Crippen LogP contribution is -2.25. The van der Waals surface area contributed by atoms with Crippen LogP contribution in [0, 0.1) is 0 Å². The largest absolute Gasteiger partial charge is 0.461 e. The van der Waals surface area contributed by atoms with Crippen LogP contribution in [0.5, 0.6) is 0 Å². The maximum absolute atomic E-state index is 11.7. The van der Waals surface area contributed by atoms with Gasteiger partial charge in [0.15, 0.2) is 11.6 Å². The van der Waals surface area contributed by atoms with Gasteiger partial charge in [-0.2, -0.15) is 0 Å². The van der Waals surface area contributed by atoms with E-state index < -0.39 is 0 Å². The summed E-state index contributed by atoms with van der Waals surface area (Å²) in [4.78, 5) is 23.0. The van der Waals surface area contributed by atoms with E-state index in [1.54, 1.807) is 18.0 Å². The van der Waals surface area contributed by atoms with Crippen LogP contribution < -0.4 is 0 Å². The van der Waals surface area contributed by atoms with Crippen molar-refractivity contribution in [1.82, 2.24) is 14.9 Å². The molecule has 0 aliphatic carbocycles. The van der Waals surface area contributed by atoms with Crippen molar-refractivity contribution in [3.63, 3.8) is 0 Å². The van der Waals surface area contributed by atoms with Crippen molar-refractivity contribution in [2.24, 2.45) is 0 Å². The van der Waals surface area contributed by atoms with Crippen LogP contribution in [-0.2, 0) is 4.79 Å². The standard InChI is InChI=1S/C19H19N3O2S/c23-17-9-3-10-22(17)11-5-13-25-19-14-6-1-2-7-15(14)20-18(21-19)16-8-4-12-24-16/h1-2,4,6-8,12H,3,5,9-11,13H2. The molecule has 3 heterocycles. The highest BCUT2D eigenvalue weighted by molar-refractivity contribution is 7.99. The van der Waals surface area contributed by atoms with Crippen molar-refractivity contribution in [3.05, 3.63) is 42.7 Å². The average Bonchev–Trinajstić information content (AvgIpc) is 3.30. The van der Waals surface area contributed by atoms with Gasteiger partial charge in [-0.3, -0.25) is 4.79 Å². The highest BCUT2D eigenvalue weighted by Gasteiger charge is 2.19. The van der Waals surface area contributed by atoms with E-state index in [0.717, 1.165) is 47.6 Å².